The van der Waals surface area contributed by atoms with Gasteiger partial charge in [-0.3, -0.25) is 4.79 Å². The maximum absolute atomic E-state index is 11.0. The van der Waals surface area contributed by atoms with Gasteiger partial charge in [-0.05, 0) is 30.4 Å². The van der Waals surface area contributed by atoms with E-state index in [4.69, 9.17) is 0 Å². The number of rotatable bonds is 7. The van der Waals surface area contributed by atoms with Crippen molar-refractivity contribution in [2.75, 3.05) is 19.0 Å². The molecule has 0 aromatic heterocycles. The number of esters is 1. The molecule has 0 bridgehead atoms. The molecule has 0 fully saturated rings. The summed E-state index contributed by atoms with van der Waals surface area (Å²) in [4.78, 5) is 11.0. The van der Waals surface area contributed by atoms with E-state index in [1.807, 2.05) is 0 Å². The van der Waals surface area contributed by atoms with Gasteiger partial charge in [0.1, 0.15) is 0 Å². The number of anilines is 1. The highest BCUT2D eigenvalue weighted by molar-refractivity contribution is 5.69. The van der Waals surface area contributed by atoms with E-state index in [2.05, 4.69) is 42.1 Å². The van der Waals surface area contributed by atoms with Gasteiger partial charge in [-0.1, -0.05) is 32.0 Å². The Bertz CT molecular complexity index is 366. The van der Waals surface area contributed by atoms with Crippen LogP contribution in [0.25, 0.3) is 0 Å². The van der Waals surface area contributed by atoms with Crippen molar-refractivity contribution in [1.82, 2.24) is 0 Å². The maximum Gasteiger partial charge on any atom is 0.305 e. The summed E-state index contributed by atoms with van der Waals surface area (Å²) in [5.41, 5.74) is 3.92. The number of aryl methyl sites for hydroxylation is 2. The predicted molar refractivity (Wildman–Crippen MR) is 74.9 cm³/mol. The van der Waals surface area contributed by atoms with Gasteiger partial charge in [0, 0.05) is 18.7 Å². The fraction of sp³-hybridized carbons (Fsp3) is 0.533. The second kappa shape index (κ2) is 7.75. The number of methoxy groups -OCH3 is 1. The van der Waals surface area contributed by atoms with Crippen LogP contribution in [0.3, 0.4) is 0 Å². The van der Waals surface area contributed by atoms with E-state index >= 15 is 0 Å². The monoisotopic (exact) mass is 249 g/mol. The fourth-order valence-corrected chi connectivity index (χ4v) is 2.02. The average Bonchev–Trinajstić information content (AvgIpc) is 2.42. The molecule has 0 atom stereocenters. The molecule has 0 heterocycles. The molecule has 3 heteroatoms. The number of hydrogen-bond donors (Lipinski definition) is 1. The van der Waals surface area contributed by atoms with Crippen molar-refractivity contribution in [2.45, 2.75) is 39.5 Å². The Morgan fingerprint density at radius 1 is 1.22 bits per heavy atom. The molecule has 0 saturated heterocycles. The van der Waals surface area contributed by atoms with Gasteiger partial charge in [-0.15, -0.1) is 0 Å². The van der Waals surface area contributed by atoms with Crippen LogP contribution in [-0.4, -0.2) is 19.6 Å². The van der Waals surface area contributed by atoms with Gasteiger partial charge in [0.15, 0.2) is 0 Å². The van der Waals surface area contributed by atoms with E-state index in [1.165, 1.54) is 23.9 Å². The minimum atomic E-state index is -0.142. The third kappa shape index (κ3) is 4.06. The zero-order valence-corrected chi connectivity index (χ0v) is 11.6. The van der Waals surface area contributed by atoms with E-state index in [0.717, 1.165) is 25.8 Å². The van der Waals surface area contributed by atoms with Crippen molar-refractivity contribution in [3.8, 4) is 0 Å². The second-order valence-electron chi connectivity index (χ2n) is 4.26. The minimum Gasteiger partial charge on any atom is -0.469 e. The summed E-state index contributed by atoms with van der Waals surface area (Å²) in [5, 5.41) is 3.46. The quantitative estimate of drug-likeness (QED) is 0.596. The lowest BCUT2D eigenvalue weighted by Crippen LogP contribution is -2.09. The van der Waals surface area contributed by atoms with E-state index in [-0.39, 0.29) is 5.97 Å². The smallest absolute Gasteiger partial charge is 0.305 e. The molecule has 1 aromatic carbocycles. The van der Waals surface area contributed by atoms with Gasteiger partial charge in [-0.25, -0.2) is 0 Å². The first-order valence-electron chi connectivity index (χ1n) is 6.64. The molecule has 0 radical (unpaired) electrons. The molecule has 0 aliphatic carbocycles. The van der Waals surface area contributed by atoms with Crippen molar-refractivity contribution in [1.29, 1.82) is 0 Å². The van der Waals surface area contributed by atoms with Crippen molar-refractivity contribution in [3.63, 3.8) is 0 Å². The normalized spacial score (nSPS) is 10.2. The van der Waals surface area contributed by atoms with Crippen molar-refractivity contribution in [3.05, 3.63) is 29.3 Å². The van der Waals surface area contributed by atoms with Crippen LogP contribution in [0.4, 0.5) is 5.69 Å². The number of benzene rings is 1. The molecule has 0 saturated carbocycles. The molecule has 100 valence electrons. The highest BCUT2D eigenvalue weighted by Gasteiger charge is 2.06. The number of carbonyl (C=O) groups is 1. The summed E-state index contributed by atoms with van der Waals surface area (Å²) < 4.78 is 4.63. The van der Waals surface area contributed by atoms with Crippen LogP contribution >= 0.6 is 0 Å². The van der Waals surface area contributed by atoms with Gasteiger partial charge < -0.3 is 10.1 Å². The zero-order chi connectivity index (χ0) is 13.4. The molecule has 1 N–H and O–H groups in total. The van der Waals surface area contributed by atoms with E-state index < -0.39 is 0 Å². The first-order valence-corrected chi connectivity index (χ1v) is 6.64. The van der Waals surface area contributed by atoms with Crippen molar-refractivity contribution in [2.24, 2.45) is 0 Å². The lowest BCUT2D eigenvalue weighted by Gasteiger charge is -2.15. The summed E-state index contributed by atoms with van der Waals surface area (Å²) in [7, 11) is 1.43. The van der Waals surface area contributed by atoms with Crippen LogP contribution in [0.15, 0.2) is 18.2 Å². The first kappa shape index (κ1) is 14.6. The Labute approximate surface area is 110 Å². The minimum absolute atomic E-state index is 0.142. The number of ether oxygens (including phenoxy) is 1. The van der Waals surface area contributed by atoms with Gasteiger partial charge in [0.2, 0.25) is 0 Å². The largest absolute Gasteiger partial charge is 0.469 e. The van der Waals surface area contributed by atoms with Crippen LogP contribution in [0.1, 0.15) is 37.8 Å². The molecule has 3 nitrogen and oxygen atoms in total. The highest BCUT2D eigenvalue weighted by atomic mass is 16.5. The average molecular weight is 249 g/mol. The Morgan fingerprint density at radius 3 is 2.33 bits per heavy atom. The predicted octanol–water partition coefficient (Wildman–Crippen LogP) is 3.18. The van der Waals surface area contributed by atoms with Gasteiger partial charge in [0.05, 0.1) is 7.11 Å². The zero-order valence-electron chi connectivity index (χ0n) is 11.6. The molecule has 1 rings (SSSR count). The molecule has 0 spiro atoms. The van der Waals surface area contributed by atoms with E-state index in [9.17, 15) is 4.79 Å². The summed E-state index contributed by atoms with van der Waals surface area (Å²) in [6.07, 6.45) is 3.31. The molecule has 1 aromatic rings. The molecular formula is C15H23NO2. The molecule has 0 aliphatic heterocycles. The molecular weight excluding hydrogens is 226 g/mol. The molecule has 0 unspecified atom stereocenters. The first-order chi connectivity index (χ1) is 8.72. The van der Waals surface area contributed by atoms with E-state index in [1.54, 1.807) is 0 Å². The molecule has 0 aliphatic rings. The standard InChI is InChI=1S/C15H23NO2/c1-4-12-8-6-9-13(5-2)15(12)16-11-7-10-14(17)18-3/h6,8-9,16H,4-5,7,10-11H2,1-3H3. The van der Waals surface area contributed by atoms with Gasteiger partial charge in [0.25, 0.3) is 0 Å². The summed E-state index contributed by atoms with van der Waals surface area (Å²) in [5.74, 6) is -0.142. The van der Waals surface area contributed by atoms with Crippen LogP contribution in [-0.2, 0) is 22.4 Å². The van der Waals surface area contributed by atoms with Crippen LogP contribution in [0.5, 0.6) is 0 Å². The Morgan fingerprint density at radius 2 is 1.83 bits per heavy atom. The Kier molecular flexibility index (Phi) is 6.26. The van der Waals surface area contributed by atoms with Crippen LogP contribution in [0, 0.1) is 0 Å². The summed E-state index contributed by atoms with van der Waals surface area (Å²) >= 11 is 0. The van der Waals surface area contributed by atoms with Crippen molar-refractivity contribution >= 4 is 11.7 Å². The topological polar surface area (TPSA) is 38.3 Å². The number of para-hydroxylation sites is 1. The SMILES string of the molecule is CCc1cccc(CC)c1NCCCC(=O)OC. The van der Waals surface area contributed by atoms with Gasteiger partial charge in [-0.2, -0.15) is 0 Å². The number of carbonyl (C=O) groups excluding carboxylic acids is 1. The molecule has 0 amide bonds. The third-order valence-corrected chi connectivity index (χ3v) is 3.09. The van der Waals surface area contributed by atoms with Crippen molar-refractivity contribution < 1.29 is 9.53 Å². The van der Waals surface area contributed by atoms with Crippen LogP contribution in [0.2, 0.25) is 0 Å². The summed E-state index contributed by atoms with van der Waals surface area (Å²) in [6, 6.07) is 6.42. The Hall–Kier alpha value is -1.51. The van der Waals surface area contributed by atoms with Crippen LogP contribution < -0.4 is 5.32 Å². The fourth-order valence-electron chi connectivity index (χ4n) is 2.02. The number of nitrogens with one attached hydrogen (secondary N) is 1. The third-order valence-electron chi connectivity index (χ3n) is 3.09. The highest BCUT2D eigenvalue weighted by Crippen LogP contribution is 2.22. The van der Waals surface area contributed by atoms with Gasteiger partial charge >= 0.3 is 5.97 Å². The molecule has 18 heavy (non-hydrogen) atoms. The lowest BCUT2D eigenvalue weighted by atomic mass is 10.0. The lowest BCUT2D eigenvalue weighted by molar-refractivity contribution is -0.140. The second-order valence-corrected chi connectivity index (χ2v) is 4.26. The maximum atomic E-state index is 11.0. The Balaban J connectivity index is 2.57. The van der Waals surface area contributed by atoms with E-state index in [0.29, 0.717) is 6.42 Å². The number of hydrogen-bond acceptors (Lipinski definition) is 3. The summed E-state index contributed by atoms with van der Waals surface area (Å²) in [6.45, 7) is 5.13.